The number of hydrogen-bond acceptors (Lipinski definition) is 2. The molecule has 2 rings (SSSR count). The van der Waals surface area contributed by atoms with Gasteiger partial charge in [-0.1, -0.05) is 12.1 Å². The molecule has 4 heteroatoms. The number of carbonyl (C=O) groups excluding carboxylic acids is 1. The number of rotatable bonds is 2. The predicted molar refractivity (Wildman–Crippen MR) is 60.1 cm³/mol. The Labute approximate surface area is 96.2 Å². The smallest absolute Gasteiger partial charge is 0.244 e. The molecule has 1 aliphatic carbocycles. The van der Waals surface area contributed by atoms with E-state index in [1.54, 1.807) is 6.07 Å². The van der Waals surface area contributed by atoms with Crippen molar-refractivity contribution in [3.05, 3.63) is 28.7 Å². The van der Waals surface area contributed by atoms with Gasteiger partial charge in [0.05, 0.1) is 11.8 Å². The van der Waals surface area contributed by atoms with Crippen LogP contribution in [0.25, 0.3) is 0 Å². The molecule has 0 saturated heterocycles. The Morgan fingerprint density at radius 2 is 2.13 bits per heavy atom. The molecule has 1 amide bonds. The molecule has 0 radical (unpaired) electrons. The molecule has 0 atom stereocenters. The van der Waals surface area contributed by atoms with Crippen molar-refractivity contribution in [3.63, 3.8) is 0 Å². The summed E-state index contributed by atoms with van der Waals surface area (Å²) in [5.74, 6) is -0.197. The van der Waals surface area contributed by atoms with Crippen molar-refractivity contribution in [2.75, 3.05) is 5.32 Å². The highest BCUT2D eigenvalue weighted by atomic mass is 79.9. The maximum absolute atomic E-state index is 11.7. The predicted octanol–water partition coefficient (Wildman–Crippen LogP) is 2.69. The summed E-state index contributed by atoms with van der Waals surface area (Å²) in [7, 11) is 0. The summed E-state index contributed by atoms with van der Waals surface area (Å²) < 4.78 is 0.826. The van der Waals surface area contributed by atoms with Crippen LogP contribution in [0, 0.1) is 16.7 Å². The molecule has 1 aliphatic rings. The first-order valence-electron chi connectivity index (χ1n) is 4.65. The molecule has 0 aliphatic heterocycles. The second kappa shape index (κ2) is 3.67. The van der Waals surface area contributed by atoms with Gasteiger partial charge in [-0.2, -0.15) is 5.26 Å². The number of halogens is 1. The monoisotopic (exact) mass is 264 g/mol. The average Bonchev–Trinajstić information content (AvgIpc) is 3.02. The Morgan fingerprint density at radius 1 is 1.47 bits per heavy atom. The molecule has 0 spiro atoms. The SMILES string of the molecule is N#CC1(C(=O)Nc2ccccc2Br)CC1. The van der Waals surface area contributed by atoms with Crippen LogP contribution < -0.4 is 5.32 Å². The van der Waals surface area contributed by atoms with E-state index in [-0.39, 0.29) is 5.91 Å². The Hall–Kier alpha value is -1.34. The summed E-state index contributed by atoms with van der Waals surface area (Å²) in [6, 6.07) is 9.43. The first kappa shape index (κ1) is 10.2. The molecule has 1 aromatic carbocycles. The average molecular weight is 265 g/mol. The molecular weight excluding hydrogens is 256 g/mol. The van der Waals surface area contributed by atoms with Crippen molar-refractivity contribution in [2.24, 2.45) is 5.41 Å². The van der Waals surface area contributed by atoms with Gasteiger partial charge in [0.25, 0.3) is 0 Å². The number of nitrogens with zero attached hydrogens (tertiary/aromatic N) is 1. The molecule has 3 nitrogen and oxygen atoms in total. The third-order valence-electron chi connectivity index (χ3n) is 2.52. The summed E-state index contributed by atoms with van der Waals surface area (Å²) in [6.45, 7) is 0. The van der Waals surface area contributed by atoms with Gasteiger partial charge in [-0.3, -0.25) is 4.79 Å². The number of para-hydroxylation sites is 1. The molecule has 15 heavy (non-hydrogen) atoms. The van der Waals surface area contributed by atoms with E-state index in [2.05, 4.69) is 27.3 Å². The van der Waals surface area contributed by atoms with Crippen molar-refractivity contribution < 1.29 is 4.79 Å². The van der Waals surface area contributed by atoms with E-state index >= 15 is 0 Å². The van der Waals surface area contributed by atoms with Gasteiger partial charge < -0.3 is 5.32 Å². The van der Waals surface area contributed by atoms with Crippen LogP contribution in [0.3, 0.4) is 0 Å². The van der Waals surface area contributed by atoms with E-state index in [9.17, 15) is 4.79 Å². The van der Waals surface area contributed by atoms with Crippen LogP contribution in [-0.2, 0) is 4.79 Å². The molecule has 0 heterocycles. The lowest BCUT2D eigenvalue weighted by Crippen LogP contribution is -2.22. The van der Waals surface area contributed by atoms with Gasteiger partial charge in [-0.05, 0) is 40.9 Å². The van der Waals surface area contributed by atoms with Crippen LogP contribution in [0.4, 0.5) is 5.69 Å². The van der Waals surface area contributed by atoms with Gasteiger partial charge in [-0.15, -0.1) is 0 Å². The van der Waals surface area contributed by atoms with Gasteiger partial charge in [0.2, 0.25) is 5.91 Å². The fourth-order valence-electron chi connectivity index (χ4n) is 1.32. The zero-order chi connectivity index (χ0) is 10.9. The van der Waals surface area contributed by atoms with Crippen LogP contribution >= 0.6 is 15.9 Å². The Balaban J connectivity index is 2.14. The maximum atomic E-state index is 11.7. The molecule has 0 bridgehead atoms. The molecule has 1 fully saturated rings. The zero-order valence-electron chi connectivity index (χ0n) is 7.96. The Morgan fingerprint density at radius 3 is 2.67 bits per heavy atom. The molecule has 0 aromatic heterocycles. The Bertz CT molecular complexity index is 446. The maximum Gasteiger partial charge on any atom is 0.244 e. The number of carbonyl (C=O) groups is 1. The molecule has 0 unspecified atom stereocenters. The number of nitriles is 1. The quantitative estimate of drug-likeness (QED) is 0.893. The number of nitrogens with one attached hydrogen (secondary N) is 1. The second-order valence-corrected chi connectivity index (χ2v) is 4.48. The van der Waals surface area contributed by atoms with E-state index in [1.807, 2.05) is 18.2 Å². The summed E-state index contributed by atoms with van der Waals surface area (Å²) in [5, 5.41) is 11.6. The highest BCUT2D eigenvalue weighted by Crippen LogP contribution is 2.45. The van der Waals surface area contributed by atoms with Crippen LogP contribution in [-0.4, -0.2) is 5.91 Å². The summed E-state index contributed by atoms with van der Waals surface area (Å²) in [6.07, 6.45) is 1.33. The zero-order valence-corrected chi connectivity index (χ0v) is 9.54. The molecular formula is C11H9BrN2O. The minimum Gasteiger partial charge on any atom is -0.324 e. The first-order valence-corrected chi connectivity index (χ1v) is 5.44. The van der Waals surface area contributed by atoms with E-state index < -0.39 is 5.41 Å². The lowest BCUT2D eigenvalue weighted by atomic mass is 10.1. The fourth-order valence-corrected chi connectivity index (χ4v) is 1.70. The number of anilines is 1. The van der Waals surface area contributed by atoms with Crippen molar-refractivity contribution in [2.45, 2.75) is 12.8 Å². The van der Waals surface area contributed by atoms with Crippen molar-refractivity contribution in [1.82, 2.24) is 0 Å². The van der Waals surface area contributed by atoms with Gasteiger partial charge in [0.15, 0.2) is 0 Å². The number of hydrogen-bond donors (Lipinski definition) is 1. The molecule has 76 valence electrons. The molecule has 1 aromatic rings. The van der Waals surface area contributed by atoms with Crippen molar-refractivity contribution in [3.8, 4) is 6.07 Å². The standard InChI is InChI=1S/C11H9BrN2O/c12-8-3-1-2-4-9(8)14-10(15)11(7-13)5-6-11/h1-4H,5-6H2,(H,14,15). The van der Waals surface area contributed by atoms with Crippen LogP contribution in [0.2, 0.25) is 0 Å². The number of benzene rings is 1. The fraction of sp³-hybridized carbons (Fsp3) is 0.273. The van der Waals surface area contributed by atoms with E-state index in [0.29, 0.717) is 18.5 Å². The lowest BCUT2D eigenvalue weighted by molar-refractivity contribution is -0.119. The molecule has 1 saturated carbocycles. The van der Waals surface area contributed by atoms with E-state index in [4.69, 9.17) is 5.26 Å². The largest absolute Gasteiger partial charge is 0.324 e. The Kier molecular flexibility index (Phi) is 2.49. The van der Waals surface area contributed by atoms with E-state index in [1.165, 1.54) is 0 Å². The summed E-state index contributed by atoms with van der Waals surface area (Å²) >= 11 is 3.34. The van der Waals surface area contributed by atoms with Crippen LogP contribution in [0.15, 0.2) is 28.7 Å². The van der Waals surface area contributed by atoms with Gasteiger partial charge in [-0.25, -0.2) is 0 Å². The minimum absolute atomic E-state index is 0.197. The van der Waals surface area contributed by atoms with Gasteiger partial charge in [0.1, 0.15) is 5.41 Å². The topological polar surface area (TPSA) is 52.9 Å². The molecule has 1 N–H and O–H groups in total. The summed E-state index contributed by atoms with van der Waals surface area (Å²) in [4.78, 5) is 11.7. The highest BCUT2D eigenvalue weighted by Gasteiger charge is 2.50. The first-order chi connectivity index (χ1) is 7.18. The van der Waals surface area contributed by atoms with Crippen LogP contribution in [0.1, 0.15) is 12.8 Å². The van der Waals surface area contributed by atoms with Gasteiger partial charge in [0, 0.05) is 4.47 Å². The van der Waals surface area contributed by atoms with E-state index in [0.717, 1.165) is 4.47 Å². The summed E-state index contributed by atoms with van der Waals surface area (Å²) in [5.41, 5.74) is -0.0565. The normalized spacial score (nSPS) is 16.5. The minimum atomic E-state index is -0.769. The lowest BCUT2D eigenvalue weighted by Gasteiger charge is -2.09. The third kappa shape index (κ3) is 1.88. The van der Waals surface area contributed by atoms with Crippen molar-refractivity contribution in [1.29, 1.82) is 5.26 Å². The highest BCUT2D eigenvalue weighted by molar-refractivity contribution is 9.10. The third-order valence-corrected chi connectivity index (χ3v) is 3.21. The second-order valence-electron chi connectivity index (χ2n) is 3.63. The van der Waals surface area contributed by atoms with Gasteiger partial charge >= 0.3 is 0 Å². The van der Waals surface area contributed by atoms with Crippen molar-refractivity contribution >= 4 is 27.5 Å². The number of amides is 1. The van der Waals surface area contributed by atoms with Crippen LogP contribution in [0.5, 0.6) is 0 Å².